The van der Waals surface area contributed by atoms with Crippen molar-refractivity contribution in [2.45, 2.75) is 0 Å². The van der Waals surface area contributed by atoms with Gasteiger partial charge in [0.25, 0.3) is 0 Å². The van der Waals surface area contributed by atoms with Gasteiger partial charge in [-0.2, -0.15) is 0 Å². The van der Waals surface area contributed by atoms with Gasteiger partial charge in [-0.25, -0.2) is 4.79 Å². The molecule has 0 saturated heterocycles. The highest BCUT2D eigenvalue weighted by atomic mass is 32.2. The number of aliphatic carboxylic acids is 1. The minimum Gasteiger partial charge on any atom is -0.478 e. The molecular formula is C8H10O2S. The molecule has 11 heavy (non-hydrogen) atoms. The summed E-state index contributed by atoms with van der Waals surface area (Å²) >= 11 is 1.59. The molecule has 0 aromatic rings. The Balaban J connectivity index is 3.60. The fraction of sp³-hybridized carbons (Fsp3) is 0.125. The summed E-state index contributed by atoms with van der Waals surface area (Å²) < 4.78 is 0. The average molecular weight is 170 g/mol. The van der Waals surface area contributed by atoms with Crippen molar-refractivity contribution in [1.29, 1.82) is 0 Å². The second-order valence-electron chi connectivity index (χ2n) is 1.65. The SMILES string of the molecule is CSC=CC=CC=CC(=O)O. The van der Waals surface area contributed by atoms with Gasteiger partial charge in [0.1, 0.15) is 0 Å². The Kier molecular flexibility index (Phi) is 6.53. The lowest BCUT2D eigenvalue weighted by Gasteiger charge is -1.75. The number of carboxylic acids is 1. The third-order valence-electron chi connectivity index (χ3n) is 0.787. The van der Waals surface area contributed by atoms with Gasteiger partial charge < -0.3 is 5.11 Å². The van der Waals surface area contributed by atoms with E-state index in [2.05, 4.69) is 0 Å². The summed E-state index contributed by atoms with van der Waals surface area (Å²) in [5.41, 5.74) is 0. The van der Waals surface area contributed by atoms with Crippen molar-refractivity contribution in [2.75, 3.05) is 6.26 Å². The standard InChI is InChI=1S/C8H10O2S/c1-11-7-5-3-2-4-6-8(9)10/h2-7H,1H3,(H,9,10). The monoisotopic (exact) mass is 170 g/mol. The molecule has 0 unspecified atom stereocenters. The summed E-state index contributed by atoms with van der Waals surface area (Å²) in [4.78, 5) is 9.95. The zero-order valence-electron chi connectivity index (χ0n) is 6.23. The summed E-state index contributed by atoms with van der Waals surface area (Å²) in [6.07, 6.45) is 9.81. The fourth-order valence-electron chi connectivity index (χ4n) is 0.390. The largest absolute Gasteiger partial charge is 0.478 e. The summed E-state index contributed by atoms with van der Waals surface area (Å²) in [7, 11) is 0. The summed E-state index contributed by atoms with van der Waals surface area (Å²) in [5.74, 6) is -0.927. The zero-order valence-corrected chi connectivity index (χ0v) is 7.04. The van der Waals surface area contributed by atoms with Gasteiger partial charge in [0.15, 0.2) is 0 Å². The van der Waals surface area contributed by atoms with E-state index in [1.54, 1.807) is 23.9 Å². The molecule has 1 N–H and O–H groups in total. The maximum Gasteiger partial charge on any atom is 0.328 e. The first-order chi connectivity index (χ1) is 5.27. The predicted octanol–water partition coefficient (Wildman–Crippen LogP) is 2.06. The Bertz CT molecular complexity index is 192. The third-order valence-corrected chi connectivity index (χ3v) is 1.22. The first-order valence-electron chi connectivity index (χ1n) is 3.03. The van der Waals surface area contributed by atoms with Gasteiger partial charge in [0.2, 0.25) is 0 Å². The lowest BCUT2D eigenvalue weighted by atomic mass is 10.4. The van der Waals surface area contributed by atoms with E-state index in [0.717, 1.165) is 6.08 Å². The quantitative estimate of drug-likeness (QED) is 0.518. The smallest absolute Gasteiger partial charge is 0.328 e. The lowest BCUT2D eigenvalue weighted by molar-refractivity contribution is -0.131. The van der Waals surface area contributed by atoms with Gasteiger partial charge in [-0.15, -0.1) is 11.8 Å². The molecule has 0 heterocycles. The van der Waals surface area contributed by atoms with Crippen molar-refractivity contribution in [3.63, 3.8) is 0 Å². The first kappa shape index (κ1) is 10.0. The highest BCUT2D eigenvalue weighted by Crippen LogP contribution is 1.92. The van der Waals surface area contributed by atoms with Crippen LogP contribution < -0.4 is 0 Å². The van der Waals surface area contributed by atoms with Crippen LogP contribution in [-0.4, -0.2) is 17.3 Å². The minimum absolute atomic E-state index is 0.927. The molecule has 3 heteroatoms. The van der Waals surface area contributed by atoms with Crippen molar-refractivity contribution >= 4 is 17.7 Å². The average Bonchev–Trinajstić information content (AvgIpc) is 1.96. The van der Waals surface area contributed by atoms with Gasteiger partial charge >= 0.3 is 5.97 Å². The maximum absolute atomic E-state index is 9.95. The highest BCUT2D eigenvalue weighted by Gasteiger charge is 1.78. The van der Waals surface area contributed by atoms with Gasteiger partial charge in [0, 0.05) is 6.08 Å². The molecule has 0 spiro atoms. The van der Waals surface area contributed by atoms with Crippen LogP contribution in [0.2, 0.25) is 0 Å². The van der Waals surface area contributed by atoms with Crippen LogP contribution in [0.3, 0.4) is 0 Å². The van der Waals surface area contributed by atoms with E-state index in [-0.39, 0.29) is 0 Å². The Hall–Kier alpha value is -0.960. The van der Waals surface area contributed by atoms with Crippen LogP contribution >= 0.6 is 11.8 Å². The number of carbonyl (C=O) groups is 1. The van der Waals surface area contributed by atoms with E-state index in [1.165, 1.54) is 6.08 Å². The number of thioether (sulfide) groups is 1. The van der Waals surface area contributed by atoms with Gasteiger partial charge in [-0.05, 0) is 11.7 Å². The van der Waals surface area contributed by atoms with E-state index < -0.39 is 5.97 Å². The number of allylic oxidation sites excluding steroid dienone is 4. The number of hydrogen-bond donors (Lipinski definition) is 1. The third kappa shape index (κ3) is 9.04. The Morgan fingerprint density at radius 2 is 1.91 bits per heavy atom. The van der Waals surface area contributed by atoms with E-state index in [0.29, 0.717) is 0 Å². The Morgan fingerprint density at radius 3 is 2.45 bits per heavy atom. The number of carboxylic acid groups (broad SMARTS) is 1. The molecule has 0 aromatic carbocycles. The van der Waals surface area contributed by atoms with Crippen LogP contribution in [0.15, 0.2) is 35.8 Å². The minimum atomic E-state index is -0.927. The molecule has 0 rings (SSSR count). The highest BCUT2D eigenvalue weighted by molar-refractivity contribution is 8.01. The molecule has 0 bridgehead atoms. The van der Waals surface area contributed by atoms with Crippen LogP contribution in [0.1, 0.15) is 0 Å². The fourth-order valence-corrected chi connectivity index (χ4v) is 0.638. The summed E-state index contributed by atoms with van der Waals surface area (Å²) in [6.45, 7) is 0. The van der Waals surface area contributed by atoms with E-state index >= 15 is 0 Å². The molecule has 0 aliphatic rings. The number of hydrogen-bond acceptors (Lipinski definition) is 2. The van der Waals surface area contributed by atoms with Crippen molar-refractivity contribution in [3.05, 3.63) is 35.8 Å². The second kappa shape index (κ2) is 7.15. The molecule has 0 amide bonds. The molecule has 0 fully saturated rings. The van der Waals surface area contributed by atoms with Crippen LogP contribution in [0, 0.1) is 0 Å². The van der Waals surface area contributed by atoms with Gasteiger partial charge in [-0.1, -0.05) is 24.3 Å². The Morgan fingerprint density at radius 1 is 1.27 bits per heavy atom. The van der Waals surface area contributed by atoms with Crippen molar-refractivity contribution in [3.8, 4) is 0 Å². The lowest BCUT2D eigenvalue weighted by Crippen LogP contribution is -1.84. The van der Waals surface area contributed by atoms with Gasteiger partial charge in [-0.3, -0.25) is 0 Å². The van der Waals surface area contributed by atoms with Crippen LogP contribution in [0.5, 0.6) is 0 Å². The van der Waals surface area contributed by atoms with Gasteiger partial charge in [0.05, 0.1) is 0 Å². The van der Waals surface area contributed by atoms with E-state index in [9.17, 15) is 4.79 Å². The molecule has 0 radical (unpaired) electrons. The molecule has 0 atom stereocenters. The van der Waals surface area contributed by atoms with E-state index in [4.69, 9.17) is 5.11 Å². The van der Waals surface area contributed by atoms with Crippen LogP contribution in [0.25, 0.3) is 0 Å². The molecule has 2 nitrogen and oxygen atoms in total. The summed E-state index contributed by atoms with van der Waals surface area (Å²) in [5, 5.41) is 10.1. The Labute approximate surface area is 70.3 Å². The maximum atomic E-state index is 9.95. The zero-order chi connectivity index (χ0) is 8.53. The molecule has 60 valence electrons. The summed E-state index contributed by atoms with van der Waals surface area (Å²) in [6, 6.07) is 0. The molecule has 0 aliphatic carbocycles. The molecular weight excluding hydrogens is 160 g/mol. The second-order valence-corrected chi connectivity index (χ2v) is 2.39. The normalized spacial score (nSPS) is 12.1. The van der Waals surface area contributed by atoms with Crippen molar-refractivity contribution in [1.82, 2.24) is 0 Å². The molecule has 0 aromatic heterocycles. The molecule has 0 aliphatic heterocycles. The predicted molar refractivity (Wildman–Crippen MR) is 48.6 cm³/mol. The topological polar surface area (TPSA) is 37.3 Å². The molecule has 0 saturated carbocycles. The van der Waals surface area contributed by atoms with Crippen LogP contribution in [0.4, 0.5) is 0 Å². The van der Waals surface area contributed by atoms with Crippen molar-refractivity contribution in [2.24, 2.45) is 0 Å². The first-order valence-corrected chi connectivity index (χ1v) is 4.31. The van der Waals surface area contributed by atoms with Crippen molar-refractivity contribution < 1.29 is 9.90 Å². The number of rotatable bonds is 4. The van der Waals surface area contributed by atoms with Crippen LogP contribution in [-0.2, 0) is 4.79 Å². The van der Waals surface area contributed by atoms with E-state index in [1.807, 2.05) is 17.7 Å².